The molecule has 2 aromatic rings. The zero-order valence-corrected chi connectivity index (χ0v) is 14.3. The van der Waals surface area contributed by atoms with Gasteiger partial charge in [-0.3, -0.25) is 4.99 Å². The Kier molecular flexibility index (Phi) is 5.51. The summed E-state index contributed by atoms with van der Waals surface area (Å²) in [7, 11) is 2.05. The summed E-state index contributed by atoms with van der Waals surface area (Å²) in [4.78, 5) is 9.35. The number of benzene rings is 1. The van der Waals surface area contributed by atoms with E-state index in [9.17, 15) is 0 Å². The average molecular weight is 334 g/mol. The number of halogens is 1. The Balaban J connectivity index is 1.70. The van der Waals surface area contributed by atoms with Crippen molar-refractivity contribution in [1.29, 1.82) is 0 Å². The minimum absolute atomic E-state index is 0.594. The molecule has 1 saturated heterocycles. The van der Waals surface area contributed by atoms with E-state index in [-0.39, 0.29) is 0 Å². The molecule has 5 nitrogen and oxygen atoms in total. The Morgan fingerprint density at radius 2 is 2.26 bits per heavy atom. The number of imidazole rings is 1. The normalized spacial score (nSPS) is 16.4. The minimum Gasteiger partial charge on any atom is -0.384 e. The molecule has 1 aliphatic rings. The Morgan fingerprint density at radius 1 is 1.43 bits per heavy atom. The highest BCUT2D eigenvalue weighted by Gasteiger charge is 2.11. The molecule has 0 spiro atoms. The van der Waals surface area contributed by atoms with Gasteiger partial charge in [-0.1, -0.05) is 0 Å². The highest BCUT2D eigenvalue weighted by Crippen LogP contribution is 2.20. The molecule has 1 aromatic carbocycles. The van der Waals surface area contributed by atoms with Crippen molar-refractivity contribution in [2.45, 2.75) is 19.4 Å². The van der Waals surface area contributed by atoms with Gasteiger partial charge in [-0.2, -0.15) is 0 Å². The summed E-state index contributed by atoms with van der Waals surface area (Å²) in [5.74, 6) is 2.20. The second-order valence-corrected chi connectivity index (χ2v) is 6.36. The standard InChI is InChI=1S/C17H24ClN5/c1-23-16-3-2-14(21-9-6-18)10-15(16)22-17(23)12-20-11-13-4-7-19-8-5-13/h2-3,10-11,13,19,21H,4-9,12H2,1H3. The number of nitrogens with one attached hydrogen (secondary N) is 2. The third kappa shape index (κ3) is 4.03. The summed E-state index contributed by atoms with van der Waals surface area (Å²) in [6.07, 6.45) is 4.48. The van der Waals surface area contributed by atoms with Gasteiger partial charge in [-0.25, -0.2) is 4.98 Å². The lowest BCUT2D eigenvalue weighted by Crippen LogP contribution is -2.28. The fourth-order valence-electron chi connectivity index (χ4n) is 2.97. The molecule has 0 atom stereocenters. The number of aliphatic imine (C=N–C) groups is 1. The maximum atomic E-state index is 5.72. The Bertz CT molecular complexity index is 673. The first kappa shape index (κ1) is 16.3. The van der Waals surface area contributed by atoms with Gasteiger partial charge in [0.25, 0.3) is 0 Å². The first-order valence-corrected chi connectivity index (χ1v) is 8.77. The van der Waals surface area contributed by atoms with Crippen LogP contribution in [0.1, 0.15) is 18.7 Å². The molecule has 3 rings (SSSR count). The molecule has 0 radical (unpaired) electrons. The van der Waals surface area contributed by atoms with Gasteiger partial charge in [0.05, 0.1) is 17.6 Å². The third-order valence-corrected chi connectivity index (χ3v) is 4.52. The van der Waals surface area contributed by atoms with Crippen LogP contribution in [-0.2, 0) is 13.6 Å². The number of hydrogen-bond acceptors (Lipinski definition) is 4. The first-order chi connectivity index (χ1) is 11.3. The lowest BCUT2D eigenvalue weighted by atomic mass is 10.00. The highest BCUT2D eigenvalue weighted by molar-refractivity contribution is 6.18. The molecule has 1 aliphatic heterocycles. The van der Waals surface area contributed by atoms with Gasteiger partial charge in [0.15, 0.2) is 0 Å². The van der Waals surface area contributed by atoms with Gasteiger partial charge in [-0.05, 0) is 50.0 Å². The van der Waals surface area contributed by atoms with E-state index in [4.69, 9.17) is 16.6 Å². The fourth-order valence-corrected chi connectivity index (χ4v) is 3.06. The van der Waals surface area contributed by atoms with E-state index >= 15 is 0 Å². The van der Waals surface area contributed by atoms with Crippen LogP contribution < -0.4 is 10.6 Å². The number of aryl methyl sites for hydroxylation is 1. The fraction of sp³-hybridized carbons (Fsp3) is 0.529. The van der Waals surface area contributed by atoms with Gasteiger partial charge >= 0.3 is 0 Å². The molecular weight excluding hydrogens is 310 g/mol. The Hall–Kier alpha value is -1.59. The number of anilines is 1. The van der Waals surface area contributed by atoms with Crippen LogP contribution >= 0.6 is 11.6 Å². The lowest BCUT2D eigenvalue weighted by Gasteiger charge is -2.18. The van der Waals surface area contributed by atoms with Crippen molar-refractivity contribution < 1.29 is 0 Å². The van der Waals surface area contributed by atoms with E-state index in [1.807, 2.05) is 0 Å². The molecule has 0 amide bonds. The van der Waals surface area contributed by atoms with Crippen molar-refractivity contribution in [1.82, 2.24) is 14.9 Å². The van der Waals surface area contributed by atoms with Gasteiger partial charge in [-0.15, -0.1) is 11.6 Å². The zero-order chi connectivity index (χ0) is 16.1. The van der Waals surface area contributed by atoms with Crippen LogP contribution in [0.2, 0.25) is 0 Å². The average Bonchev–Trinajstić information content (AvgIpc) is 2.89. The van der Waals surface area contributed by atoms with E-state index < -0.39 is 0 Å². The summed E-state index contributed by atoms with van der Waals surface area (Å²) in [5, 5.41) is 6.66. The Labute approximate surface area is 142 Å². The maximum Gasteiger partial charge on any atom is 0.131 e. The first-order valence-electron chi connectivity index (χ1n) is 8.24. The molecule has 0 bridgehead atoms. The van der Waals surface area contributed by atoms with Gasteiger partial charge in [0.2, 0.25) is 0 Å². The molecule has 124 valence electrons. The number of piperidine rings is 1. The Morgan fingerprint density at radius 3 is 3.04 bits per heavy atom. The van der Waals surface area contributed by atoms with E-state index in [0.29, 0.717) is 18.3 Å². The second kappa shape index (κ2) is 7.79. The SMILES string of the molecule is Cn1c(CN=CC2CCNCC2)nc2cc(NCCCl)ccc21. The summed E-state index contributed by atoms with van der Waals surface area (Å²) >= 11 is 5.72. The van der Waals surface area contributed by atoms with Crippen molar-refractivity contribution in [3.63, 3.8) is 0 Å². The molecule has 0 aliphatic carbocycles. The molecule has 2 N–H and O–H groups in total. The predicted octanol–water partition coefficient (Wildman–Crippen LogP) is 2.79. The van der Waals surface area contributed by atoms with Crippen molar-refractivity contribution in [2.24, 2.45) is 18.0 Å². The van der Waals surface area contributed by atoms with Crippen molar-refractivity contribution >= 4 is 34.5 Å². The van der Waals surface area contributed by atoms with Crippen LogP contribution in [0.3, 0.4) is 0 Å². The number of nitrogens with zero attached hydrogens (tertiary/aromatic N) is 3. The van der Waals surface area contributed by atoms with E-state index in [0.717, 1.165) is 42.2 Å². The molecule has 1 fully saturated rings. The van der Waals surface area contributed by atoms with E-state index in [1.165, 1.54) is 12.8 Å². The van der Waals surface area contributed by atoms with Crippen molar-refractivity contribution in [3.8, 4) is 0 Å². The predicted molar refractivity (Wildman–Crippen MR) is 97.7 cm³/mol. The van der Waals surface area contributed by atoms with E-state index in [1.54, 1.807) is 0 Å². The highest BCUT2D eigenvalue weighted by atomic mass is 35.5. The quantitative estimate of drug-likeness (QED) is 0.631. The van der Waals surface area contributed by atoms with Crippen molar-refractivity contribution in [2.75, 3.05) is 30.8 Å². The maximum absolute atomic E-state index is 5.72. The third-order valence-electron chi connectivity index (χ3n) is 4.33. The molecule has 2 heterocycles. The summed E-state index contributed by atoms with van der Waals surface area (Å²) < 4.78 is 2.13. The second-order valence-electron chi connectivity index (χ2n) is 5.98. The number of rotatable bonds is 6. The topological polar surface area (TPSA) is 54.2 Å². The number of alkyl halides is 1. The molecule has 23 heavy (non-hydrogen) atoms. The lowest BCUT2D eigenvalue weighted by molar-refractivity contribution is 0.461. The van der Waals surface area contributed by atoms with Crippen molar-refractivity contribution in [3.05, 3.63) is 24.0 Å². The van der Waals surface area contributed by atoms with Crippen LogP contribution in [0.25, 0.3) is 11.0 Å². The molecule has 0 saturated carbocycles. The monoisotopic (exact) mass is 333 g/mol. The van der Waals surface area contributed by atoms with Crippen LogP contribution in [0.15, 0.2) is 23.2 Å². The number of fused-ring (bicyclic) bond motifs is 1. The van der Waals surface area contributed by atoms with Crippen LogP contribution in [-0.4, -0.2) is 41.3 Å². The molecular formula is C17H24ClN5. The minimum atomic E-state index is 0.594. The summed E-state index contributed by atoms with van der Waals surface area (Å²) in [6, 6.07) is 6.24. The number of aromatic nitrogens is 2. The van der Waals surface area contributed by atoms with Crippen LogP contribution in [0, 0.1) is 5.92 Å². The van der Waals surface area contributed by atoms with Gasteiger partial charge < -0.3 is 15.2 Å². The number of hydrogen-bond donors (Lipinski definition) is 2. The molecule has 0 unspecified atom stereocenters. The molecule has 6 heteroatoms. The zero-order valence-electron chi connectivity index (χ0n) is 13.6. The van der Waals surface area contributed by atoms with E-state index in [2.05, 4.69) is 51.7 Å². The van der Waals surface area contributed by atoms with Crippen LogP contribution in [0.4, 0.5) is 5.69 Å². The smallest absolute Gasteiger partial charge is 0.131 e. The largest absolute Gasteiger partial charge is 0.384 e. The summed E-state index contributed by atoms with van der Waals surface area (Å²) in [5.41, 5.74) is 3.19. The summed E-state index contributed by atoms with van der Waals surface area (Å²) in [6.45, 7) is 3.59. The van der Waals surface area contributed by atoms with Gasteiger partial charge in [0, 0.05) is 31.4 Å². The van der Waals surface area contributed by atoms with Gasteiger partial charge in [0.1, 0.15) is 5.82 Å². The molecule has 1 aromatic heterocycles. The van der Waals surface area contributed by atoms with Crippen LogP contribution in [0.5, 0.6) is 0 Å².